The summed E-state index contributed by atoms with van der Waals surface area (Å²) in [4.78, 5) is 29.5. The van der Waals surface area contributed by atoms with Gasteiger partial charge in [0, 0.05) is 45.6 Å². The maximum Gasteiger partial charge on any atom is 0.295 e. The molecule has 164 valence electrons. The fourth-order valence-electron chi connectivity index (χ4n) is 3.93. The Kier molecular flexibility index (Phi) is 6.81. The van der Waals surface area contributed by atoms with E-state index in [-0.39, 0.29) is 11.3 Å². The second-order valence-corrected chi connectivity index (χ2v) is 8.14. The van der Waals surface area contributed by atoms with Crippen LogP contribution in [0.25, 0.3) is 5.76 Å². The van der Waals surface area contributed by atoms with Crippen molar-refractivity contribution in [3.05, 3.63) is 70.3 Å². The largest absolute Gasteiger partial charge is 0.507 e. The van der Waals surface area contributed by atoms with Crippen molar-refractivity contribution in [2.45, 2.75) is 26.3 Å². The van der Waals surface area contributed by atoms with Crippen LogP contribution in [0, 0.1) is 13.8 Å². The predicted octanol–water partition coefficient (Wildman–Crippen LogP) is 3.83. The van der Waals surface area contributed by atoms with Gasteiger partial charge in [-0.25, -0.2) is 0 Å². The smallest absolute Gasteiger partial charge is 0.295 e. The molecule has 1 N–H and O–H groups in total. The number of nitrogens with zero attached hydrogens (tertiary/aromatic N) is 2. The predicted molar refractivity (Wildman–Crippen MR) is 122 cm³/mol. The second kappa shape index (κ2) is 9.35. The third-order valence-corrected chi connectivity index (χ3v) is 5.66. The highest BCUT2D eigenvalue weighted by molar-refractivity contribution is 6.46. The summed E-state index contributed by atoms with van der Waals surface area (Å²) >= 11 is 0. The van der Waals surface area contributed by atoms with Crippen LogP contribution in [0.5, 0.6) is 0 Å². The summed E-state index contributed by atoms with van der Waals surface area (Å²) in [7, 11) is 5.50. The maximum absolute atomic E-state index is 13.1. The summed E-state index contributed by atoms with van der Waals surface area (Å²) < 4.78 is 5.13. The van der Waals surface area contributed by atoms with Crippen LogP contribution in [0.4, 0.5) is 5.69 Å². The number of aliphatic hydroxyl groups is 1. The molecule has 2 aromatic carbocycles. The number of rotatable bonds is 7. The average molecular weight is 423 g/mol. The van der Waals surface area contributed by atoms with Crippen molar-refractivity contribution in [1.29, 1.82) is 0 Å². The van der Waals surface area contributed by atoms with Crippen LogP contribution in [-0.2, 0) is 14.3 Å². The Morgan fingerprint density at radius 1 is 1.10 bits per heavy atom. The molecule has 1 unspecified atom stereocenters. The Morgan fingerprint density at radius 2 is 1.77 bits per heavy atom. The molecule has 31 heavy (non-hydrogen) atoms. The lowest BCUT2D eigenvalue weighted by Gasteiger charge is -2.26. The summed E-state index contributed by atoms with van der Waals surface area (Å²) in [6.07, 6.45) is 0.597. The van der Waals surface area contributed by atoms with E-state index in [0.717, 1.165) is 22.4 Å². The molecule has 1 amide bonds. The normalized spacial score (nSPS) is 18.0. The van der Waals surface area contributed by atoms with Crippen molar-refractivity contribution in [3.8, 4) is 0 Å². The number of amides is 1. The SMILES string of the molecule is COCCCN1C(=O)C(=O)/C(=C(/O)c2cc(C)ccc2C)C1c1ccc(N(C)C)cc1. The zero-order valence-electron chi connectivity index (χ0n) is 18.8. The Balaban J connectivity index is 2.15. The number of ether oxygens (including phenoxy) is 1. The summed E-state index contributed by atoms with van der Waals surface area (Å²) in [5.41, 5.74) is 4.31. The number of anilines is 1. The number of Topliss-reactive ketones (excluding diaryl/α,β-unsaturated/α-hetero) is 1. The number of aliphatic hydroxyl groups excluding tert-OH is 1. The van der Waals surface area contributed by atoms with Gasteiger partial charge in [-0.3, -0.25) is 9.59 Å². The lowest BCUT2D eigenvalue weighted by Crippen LogP contribution is -2.31. The van der Waals surface area contributed by atoms with E-state index in [1.54, 1.807) is 12.0 Å². The first kappa shape index (κ1) is 22.6. The number of methoxy groups -OCH3 is 1. The van der Waals surface area contributed by atoms with Gasteiger partial charge < -0.3 is 19.6 Å². The van der Waals surface area contributed by atoms with Crippen LogP contribution < -0.4 is 4.90 Å². The molecule has 1 saturated heterocycles. The standard InChI is InChI=1S/C25H30N2O4/c1-16-7-8-17(2)20(15-16)23(28)21-22(18-9-11-19(12-10-18)26(3)4)27(13-6-14-31-5)25(30)24(21)29/h7-12,15,22,28H,6,13-14H2,1-5H3/b23-21+. The number of hydrogen-bond donors (Lipinski definition) is 1. The molecule has 1 fully saturated rings. The first-order chi connectivity index (χ1) is 14.8. The fraction of sp³-hybridized carbons (Fsp3) is 0.360. The minimum absolute atomic E-state index is 0.129. The Morgan fingerprint density at radius 3 is 2.39 bits per heavy atom. The molecule has 1 aliphatic heterocycles. The Labute approximate surface area is 183 Å². The van der Waals surface area contributed by atoms with Gasteiger partial charge in [-0.05, 0) is 49.6 Å². The lowest BCUT2D eigenvalue weighted by molar-refractivity contribution is -0.140. The van der Waals surface area contributed by atoms with E-state index in [2.05, 4.69) is 0 Å². The summed E-state index contributed by atoms with van der Waals surface area (Å²) in [6.45, 7) is 4.65. The molecule has 3 rings (SSSR count). The van der Waals surface area contributed by atoms with Gasteiger partial charge >= 0.3 is 0 Å². The van der Waals surface area contributed by atoms with Gasteiger partial charge in [0.1, 0.15) is 5.76 Å². The number of hydrogen-bond acceptors (Lipinski definition) is 5. The number of carbonyl (C=O) groups excluding carboxylic acids is 2. The molecule has 0 spiro atoms. The van der Waals surface area contributed by atoms with Crippen molar-refractivity contribution in [2.24, 2.45) is 0 Å². The summed E-state index contributed by atoms with van der Waals surface area (Å²) in [6, 6.07) is 12.8. The van der Waals surface area contributed by atoms with Gasteiger partial charge in [0.15, 0.2) is 0 Å². The first-order valence-corrected chi connectivity index (χ1v) is 10.4. The van der Waals surface area contributed by atoms with Crippen LogP contribution in [0.2, 0.25) is 0 Å². The molecule has 0 aromatic heterocycles. The molecule has 0 bridgehead atoms. The van der Waals surface area contributed by atoms with E-state index < -0.39 is 17.7 Å². The molecular formula is C25H30N2O4. The molecule has 0 saturated carbocycles. The molecule has 6 nitrogen and oxygen atoms in total. The highest BCUT2D eigenvalue weighted by Crippen LogP contribution is 2.40. The van der Waals surface area contributed by atoms with Crippen molar-refractivity contribution in [1.82, 2.24) is 4.90 Å². The first-order valence-electron chi connectivity index (χ1n) is 10.4. The van der Waals surface area contributed by atoms with Crippen LogP contribution in [0.3, 0.4) is 0 Å². The third-order valence-electron chi connectivity index (χ3n) is 5.66. The van der Waals surface area contributed by atoms with E-state index in [1.165, 1.54) is 0 Å². The summed E-state index contributed by atoms with van der Waals surface area (Å²) in [5.74, 6) is -1.38. The van der Waals surface area contributed by atoms with Crippen LogP contribution in [0.1, 0.15) is 34.7 Å². The van der Waals surface area contributed by atoms with Crippen LogP contribution in [-0.4, -0.2) is 56.1 Å². The monoisotopic (exact) mass is 422 g/mol. The quantitative estimate of drug-likeness (QED) is 0.318. The second-order valence-electron chi connectivity index (χ2n) is 8.14. The Bertz CT molecular complexity index is 1010. The third kappa shape index (κ3) is 4.49. The molecule has 0 aliphatic carbocycles. The maximum atomic E-state index is 13.1. The van der Waals surface area contributed by atoms with Gasteiger partial charge in [-0.15, -0.1) is 0 Å². The zero-order valence-corrected chi connectivity index (χ0v) is 18.8. The van der Waals surface area contributed by atoms with Gasteiger partial charge in [0.25, 0.3) is 11.7 Å². The number of aryl methyl sites for hydroxylation is 2. The molecule has 6 heteroatoms. The van der Waals surface area contributed by atoms with Gasteiger partial charge in [0.2, 0.25) is 0 Å². The number of ketones is 1. The van der Waals surface area contributed by atoms with Crippen molar-refractivity contribution in [3.63, 3.8) is 0 Å². The Hall–Kier alpha value is -3.12. The van der Waals surface area contributed by atoms with Gasteiger partial charge in [-0.1, -0.05) is 29.8 Å². The van der Waals surface area contributed by atoms with E-state index in [4.69, 9.17) is 4.74 Å². The van der Waals surface area contributed by atoms with Gasteiger partial charge in [-0.2, -0.15) is 0 Å². The highest BCUT2D eigenvalue weighted by atomic mass is 16.5. The van der Waals surface area contributed by atoms with Gasteiger partial charge in [0.05, 0.1) is 11.6 Å². The molecule has 1 atom stereocenters. The van der Waals surface area contributed by atoms with E-state index in [0.29, 0.717) is 25.1 Å². The molecule has 0 radical (unpaired) electrons. The highest BCUT2D eigenvalue weighted by Gasteiger charge is 2.45. The van der Waals surface area contributed by atoms with Crippen LogP contribution in [0.15, 0.2) is 48.0 Å². The zero-order chi connectivity index (χ0) is 22.7. The fourth-order valence-corrected chi connectivity index (χ4v) is 3.93. The van der Waals surface area contributed by atoms with E-state index in [1.807, 2.05) is 75.3 Å². The minimum Gasteiger partial charge on any atom is -0.507 e. The topological polar surface area (TPSA) is 70.1 Å². The number of benzene rings is 2. The number of carbonyl (C=O) groups is 2. The lowest BCUT2D eigenvalue weighted by atomic mass is 9.93. The molecule has 1 heterocycles. The summed E-state index contributed by atoms with van der Waals surface area (Å²) in [5, 5.41) is 11.2. The average Bonchev–Trinajstić information content (AvgIpc) is 3.00. The van der Waals surface area contributed by atoms with E-state index in [9.17, 15) is 14.7 Å². The van der Waals surface area contributed by atoms with Crippen molar-refractivity contribution < 1.29 is 19.4 Å². The van der Waals surface area contributed by atoms with Crippen molar-refractivity contribution in [2.75, 3.05) is 39.3 Å². The van der Waals surface area contributed by atoms with E-state index >= 15 is 0 Å². The molecular weight excluding hydrogens is 392 g/mol. The molecule has 2 aromatic rings. The van der Waals surface area contributed by atoms with Crippen molar-refractivity contribution >= 4 is 23.1 Å². The minimum atomic E-state index is -0.655. The van der Waals surface area contributed by atoms with Crippen LogP contribution >= 0.6 is 0 Å². The molecule has 1 aliphatic rings. The number of likely N-dealkylation sites (tertiary alicyclic amines) is 1.